The molecule has 104 valence electrons. The fourth-order valence-electron chi connectivity index (χ4n) is 1.57. The van der Waals surface area contributed by atoms with E-state index in [1.165, 1.54) is 0 Å². The number of carbonyl (C=O) groups is 1. The molecule has 0 atom stereocenters. The van der Waals surface area contributed by atoms with Crippen molar-refractivity contribution >= 4 is 23.5 Å². The van der Waals surface area contributed by atoms with Crippen molar-refractivity contribution in [2.75, 3.05) is 6.61 Å². The van der Waals surface area contributed by atoms with Gasteiger partial charge in [-0.3, -0.25) is 4.79 Å². The summed E-state index contributed by atoms with van der Waals surface area (Å²) in [5.41, 5.74) is 4.68. The summed E-state index contributed by atoms with van der Waals surface area (Å²) < 4.78 is 5.38. The molecule has 1 aromatic carbocycles. The molecule has 0 radical (unpaired) electrons. The van der Waals surface area contributed by atoms with Gasteiger partial charge in [-0.1, -0.05) is 12.1 Å². The van der Waals surface area contributed by atoms with Crippen molar-refractivity contribution in [2.45, 2.75) is 13.8 Å². The first-order valence-corrected chi connectivity index (χ1v) is 7.08. The van der Waals surface area contributed by atoms with Gasteiger partial charge in [-0.2, -0.15) is 5.10 Å². The summed E-state index contributed by atoms with van der Waals surface area (Å²) in [5.74, 6) is 0.398. The van der Waals surface area contributed by atoms with Crippen LogP contribution in [-0.4, -0.2) is 18.7 Å². The van der Waals surface area contributed by atoms with Crippen molar-refractivity contribution in [3.8, 4) is 5.75 Å². The van der Waals surface area contributed by atoms with Gasteiger partial charge in [0.05, 0.1) is 6.21 Å². The third-order valence-electron chi connectivity index (χ3n) is 2.63. The molecule has 0 spiro atoms. The molecule has 1 heterocycles. The van der Waals surface area contributed by atoms with Crippen LogP contribution in [0, 0.1) is 13.8 Å². The minimum Gasteiger partial charge on any atom is -0.484 e. The number of hydrogen-bond donors (Lipinski definition) is 1. The number of ether oxygens (including phenoxy) is 1. The number of hydrazone groups is 1. The molecule has 5 heteroatoms. The third kappa shape index (κ3) is 4.20. The number of amides is 1. The number of rotatable bonds is 5. The summed E-state index contributed by atoms with van der Waals surface area (Å²) in [6.07, 6.45) is 1.64. The van der Waals surface area contributed by atoms with Crippen LogP contribution in [0.2, 0.25) is 0 Å². The summed E-state index contributed by atoms with van der Waals surface area (Å²) in [6, 6.07) is 9.57. The molecule has 1 aromatic heterocycles. The quantitative estimate of drug-likeness (QED) is 0.679. The fourth-order valence-corrected chi connectivity index (χ4v) is 2.35. The van der Waals surface area contributed by atoms with E-state index in [1.54, 1.807) is 17.6 Å². The molecule has 0 saturated carbocycles. The molecule has 0 fully saturated rings. The van der Waals surface area contributed by atoms with Gasteiger partial charge in [0.15, 0.2) is 6.61 Å². The van der Waals surface area contributed by atoms with E-state index in [0.717, 1.165) is 16.0 Å². The summed E-state index contributed by atoms with van der Waals surface area (Å²) in [5, 5.41) is 5.90. The smallest absolute Gasteiger partial charge is 0.277 e. The second kappa shape index (κ2) is 6.86. The van der Waals surface area contributed by atoms with Crippen LogP contribution in [0.25, 0.3) is 0 Å². The maximum absolute atomic E-state index is 11.6. The number of nitrogens with one attached hydrogen (secondary N) is 1. The topological polar surface area (TPSA) is 50.7 Å². The summed E-state index contributed by atoms with van der Waals surface area (Å²) in [4.78, 5) is 12.6. The predicted molar refractivity (Wildman–Crippen MR) is 81.5 cm³/mol. The molecule has 1 N–H and O–H groups in total. The van der Waals surface area contributed by atoms with Gasteiger partial charge in [0.1, 0.15) is 5.75 Å². The lowest BCUT2D eigenvalue weighted by Crippen LogP contribution is -2.24. The number of benzene rings is 1. The molecule has 1 amide bonds. The number of carbonyl (C=O) groups excluding carboxylic acids is 1. The number of thiophene rings is 1. The monoisotopic (exact) mass is 288 g/mol. The van der Waals surface area contributed by atoms with Crippen molar-refractivity contribution in [1.82, 2.24) is 5.43 Å². The molecule has 0 aliphatic heterocycles. The van der Waals surface area contributed by atoms with E-state index in [1.807, 2.05) is 49.6 Å². The molecule has 20 heavy (non-hydrogen) atoms. The van der Waals surface area contributed by atoms with Crippen molar-refractivity contribution in [2.24, 2.45) is 5.10 Å². The molecule has 0 aliphatic carbocycles. The Morgan fingerprint density at radius 2 is 2.25 bits per heavy atom. The first-order valence-electron chi connectivity index (χ1n) is 6.20. The van der Waals surface area contributed by atoms with Gasteiger partial charge >= 0.3 is 0 Å². The van der Waals surface area contributed by atoms with Gasteiger partial charge in [0, 0.05) is 4.88 Å². The second-order valence-corrected chi connectivity index (χ2v) is 5.31. The van der Waals surface area contributed by atoms with E-state index in [4.69, 9.17) is 4.74 Å². The molecule has 2 aromatic rings. The zero-order valence-electron chi connectivity index (χ0n) is 11.4. The molecule has 0 bridgehead atoms. The lowest BCUT2D eigenvalue weighted by atomic mass is 10.2. The van der Waals surface area contributed by atoms with Gasteiger partial charge < -0.3 is 4.74 Å². The average molecular weight is 288 g/mol. The van der Waals surface area contributed by atoms with Crippen LogP contribution in [0.3, 0.4) is 0 Å². The summed E-state index contributed by atoms with van der Waals surface area (Å²) in [7, 11) is 0. The van der Waals surface area contributed by atoms with Crippen LogP contribution in [0.4, 0.5) is 0 Å². The van der Waals surface area contributed by atoms with Gasteiger partial charge in [0.25, 0.3) is 5.91 Å². The Labute approximate surface area is 122 Å². The Bertz CT molecular complexity index is 620. The van der Waals surface area contributed by atoms with Gasteiger partial charge in [0.2, 0.25) is 0 Å². The highest BCUT2D eigenvalue weighted by atomic mass is 32.1. The molecule has 2 rings (SSSR count). The Balaban J connectivity index is 1.79. The summed E-state index contributed by atoms with van der Waals surface area (Å²) in [6.45, 7) is 3.92. The van der Waals surface area contributed by atoms with E-state index >= 15 is 0 Å². The molecular formula is C15H16N2O2S. The second-order valence-electron chi connectivity index (χ2n) is 4.37. The zero-order chi connectivity index (χ0) is 14.4. The first kappa shape index (κ1) is 14.3. The zero-order valence-corrected chi connectivity index (χ0v) is 12.2. The van der Waals surface area contributed by atoms with Crippen LogP contribution in [-0.2, 0) is 4.79 Å². The molecule has 0 unspecified atom stereocenters. The van der Waals surface area contributed by atoms with Gasteiger partial charge in [-0.15, -0.1) is 11.3 Å². The van der Waals surface area contributed by atoms with Crippen LogP contribution >= 0.6 is 11.3 Å². The Hall–Kier alpha value is -2.14. The number of hydrogen-bond acceptors (Lipinski definition) is 4. The Morgan fingerprint density at radius 3 is 2.95 bits per heavy atom. The SMILES string of the molecule is Cc1cccc(OCC(=O)N/N=C/c2sccc2C)c1. The number of aryl methyl sites for hydroxylation is 2. The minimum absolute atomic E-state index is 0.0514. The van der Waals surface area contributed by atoms with Crippen LogP contribution in [0.1, 0.15) is 16.0 Å². The normalized spacial score (nSPS) is 10.7. The van der Waals surface area contributed by atoms with E-state index in [-0.39, 0.29) is 12.5 Å². The highest BCUT2D eigenvalue weighted by Gasteiger charge is 2.01. The third-order valence-corrected chi connectivity index (χ3v) is 3.59. The van der Waals surface area contributed by atoms with Crippen LogP contribution < -0.4 is 10.2 Å². The van der Waals surface area contributed by atoms with Crippen LogP contribution in [0.5, 0.6) is 5.75 Å². The van der Waals surface area contributed by atoms with Crippen molar-refractivity contribution in [3.63, 3.8) is 0 Å². The average Bonchev–Trinajstić information content (AvgIpc) is 2.82. The van der Waals surface area contributed by atoms with Crippen molar-refractivity contribution in [1.29, 1.82) is 0 Å². The highest BCUT2D eigenvalue weighted by Crippen LogP contribution is 2.13. The summed E-state index contributed by atoms with van der Waals surface area (Å²) >= 11 is 1.58. The molecular weight excluding hydrogens is 272 g/mol. The maximum Gasteiger partial charge on any atom is 0.277 e. The molecule has 4 nitrogen and oxygen atoms in total. The van der Waals surface area contributed by atoms with Crippen molar-refractivity contribution < 1.29 is 9.53 Å². The van der Waals surface area contributed by atoms with Crippen molar-refractivity contribution in [3.05, 3.63) is 51.7 Å². The van der Waals surface area contributed by atoms with E-state index in [0.29, 0.717) is 5.75 Å². The van der Waals surface area contributed by atoms with E-state index < -0.39 is 0 Å². The lowest BCUT2D eigenvalue weighted by Gasteiger charge is -2.05. The van der Waals surface area contributed by atoms with E-state index in [2.05, 4.69) is 10.5 Å². The minimum atomic E-state index is -0.281. The molecule has 0 saturated heterocycles. The standard InChI is InChI=1S/C15H16N2O2S/c1-11-4-3-5-13(8-11)19-10-15(18)17-16-9-14-12(2)6-7-20-14/h3-9H,10H2,1-2H3,(H,17,18)/b16-9+. The lowest BCUT2D eigenvalue weighted by molar-refractivity contribution is -0.123. The molecule has 0 aliphatic rings. The van der Waals surface area contributed by atoms with Crippen LogP contribution in [0.15, 0.2) is 40.8 Å². The fraction of sp³-hybridized carbons (Fsp3) is 0.200. The Kier molecular flexibility index (Phi) is 4.90. The first-order chi connectivity index (χ1) is 9.65. The predicted octanol–water partition coefficient (Wildman–Crippen LogP) is 2.89. The van der Waals surface area contributed by atoms with Gasteiger partial charge in [-0.25, -0.2) is 5.43 Å². The van der Waals surface area contributed by atoms with E-state index in [9.17, 15) is 4.79 Å². The largest absolute Gasteiger partial charge is 0.484 e. The Morgan fingerprint density at radius 1 is 1.40 bits per heavy atom. The van der Waals surface area contributed by atoms with Gasteiger partial charge in [-0.05, 0) is 48.6 Å². The highest BCUT2D eigenvalue weighted by molar-refractivity contribution is 7.11. The number of nitrogens with zero attached hydrogens (tertiary/aromatic N) is 1. The maximum atomic E-state index is 11.6.